The minimum Gasteiger partial charge on any atom is -0.468 e. The van der Waals surface area contributed by atoms with E-state index in [9.17, 15) is 26.4 Å². The molecule has 32 heavy (non-hydrogen) atoms. The molecular weight excluding hydrogens is 460 g/mol. The maximum absolute atomic E-state index is 12.7. The van der Waals surface area contributed by atoms with Gasteiger partial charge < -0.3 is 14.6 Å². The molecule has 0 spiro atoms. The van der Waals surface area contributed by atoms with Crippen molar-refractivity contribution in [3.63, 3.8) is 0 Å². The van der Waals surface area contributed by atoms with Gasteiger partial charge in [0.15, 0.2) is 0 Å². The number of esters is 1. The van der Waals surface area contributed by atoms with Gasteiger partial charge in [0.2, 0.25) is 20.0 Å². The number of anilines is 1. The summed E-state index contributed by atoms with van der Waals surface area (Å²) in [5.41, 5.74) is 0.279. The first-order valence-electron chi connectivity index (χ1n) is 9.69. The molecule has 11 nitrogen and oxygen atoms in total. The molecule has 2 N–H and O–H groups in total. The molecule has 0 bridgehead atoms. The Morgan fingerprint density at radius 1 is 1.06 bits per heavy atom. The molecule has 0 aliphatic carbocycles. The average molecular weight is 485 g/mol. The summed E-state index contributed by atoms with van der Waals surface area (Å²) < 4.78 is 59.5. The van der Waals surface area contributed by atoms with Gasteiger partial charge in [-0.3, -0.25) is 9.59 Å². The number of methoxy groups -OCH3 is 1. The molecule has 1 aliphatic rings. The van der Waals surface area contributed by atoms with E-state index in [4.69, 9.17) is 0 Å². The summed E-state index contributed by atoms with van der Waals surface area (Å²) in [6, 6.07) is 6.74. The summed E-state index contributed by atoms with van der Waals surface area (Å²) in [6.45, 7) is 0.362. The first-order valence-corrected chi connectivity index (χ1v) is 12.6. The van der Waals surface area contributed by atoms with Gasteiger partial charge in [-0.1, -0.05) is 6.07 Å². The highest BCUT2D eigenvalue weighted by Gasteiger charge is 2.29. The van der Waals surface area contributed by atoms with Crippen LogP contribution in [-0.4, -0.2) is 64.3 Å². The highest BCUT2D eigenvalue weighted by atomic mass is 32.2. The number of sulfonamides is 2. The van der Waals surface area contributed by atoms with Crippen molar-refractivity contribution >= 4 is 37.6 Å². The lowest BCUT2D eigenvalue weighted by molar-refractivity contribution is -0.139. The summed E-state index contributed by atoms with van der Waals surface area (Å²) >= 11 is 0. The lowest BCUT2D eigenvalue weighted by atomic mass is 10.3. The summed E-state index contributed by atoms with van der Waals surface area (Å²) in [5.74, 6) is -1.35. The van der Waals surface area contributed by atoms with Crippen LogP contribution in [0, 0.1) is 0 Å². The molecule has 3 rings (SSSR count). The van der Waals surface area contributed by atoms with Crippen LogP contribution in [0.25, 0.3) is 0 Å². The van der Waals surface area contributed by atoms with Crippen LogP contribution in [0.2, 0.25) is 0 Å². The minimum absolute atomic E-state index is 0.0235. The number of nitrogens with zero attached hydrogens (tertiary/aromatic N) is 2. The second-order valence-electron chi connectivity index (χ2n) is 7.17. The van der Waals surface area contributed by atoms with Crippen LogP contribution in [0.4, 0.5) is 5.69 Å². The standard InChI is InChI=1S/C19H24N4O7S2/c1-22-13-16(32(28,29)23-8-3-4-9-23)11-17(22)19(25)21-14-6-5-7-15(10-14)31(26,27)20-12-18(24)30-2/h5-7,10-11,13,20H,3-4,8-9,12H2,1-2H3,(H,21,25). The predicted molar refractivity (Wildman–Crippen MR) is 115 cm³/mol. The van der Waals surface area contributed by atoms with Gasteiger partial charge in [-0.15, -0.1) is 0 Å². The zero-order chi connectivity index (χ0) is 23.5. The van der Waals surface area contributed by atoms with Crippen molar-refractivity contribution in [2.45, 2.75) is 22.6 Å². The molecule has 1 fully saturated rings. The molecule has 174 valence electrons. The van der Waals surface area contributed by atoms with E-state index in [2.05, 4.69) is 14.8 Å². The van der Waals surface area contributed by atoms with E-state index in [0.717, 1.165) is 20.0 Å². The minimum atomic E-state index is -4.01. The quantitative estimate of drug-likeness (QED) is 0.520. The molecule has 0 radical (unpaired) electrons. The third-order valence-electron chi connectivity index (χ3n) is 4.95. The number of amides is 1. The van der Waals surface area contributed by atoms with E-state index in [1.807, 2.05) is 0 Å². The van der Waals surface area contributed by atoms with E-state index < -0.39 is 38.5 Å². The number of rotatable bonds is 8. The number of carbonyl (C=O) groups is 2. The molecule has 0 unspecified atom stereocenters. The van der Waals surface area contributed by atoms with Crippen molar-refractivity contribution in [1.82, 2.24) is 13.6 Å². The van der Waals surface area contributed by atoms with Crippen molar-refractivity contribution in [1.29, 1.82) is 0 Å². The van der Waals surface area contributed by atoms with Crippen LogP contribution in [-0.2, 0) is 36.6 Å². The molecule has 1 aromatic carbocycles. The smallest absolute Gasteiger partial charge is 0.320 e. The first kappa shape index (κ1) is 23.9. The van der Waals surface area contributed by atoms with Crippen LogP contribution < -0.4 is 10.0 Å². The number of nitrogens with one attached hydrogen (secondary N) is 2. The van der Waals surface area contributed by atoms with Crippen LogP contribution in [0.1, 0.15) is 23.3 Å². The van der Waals surface area contributed by atoms with Gasteiger partial charge in [-0.2, -0.15) is 9.03 Å². The fourth-order valence-electron chi connectivity index (χ4n) is 3.22. The van der Waals surface area contributed by atoms with E-state index in [0.29, 0.717) is 13.1 Å². The van der Waals surface area contributed by atoms with Gasteiger partial charge in [0.05, 0.1) is 12.0 Å². The monoisotopic (exact) mass is 484 g/mol. The van der Waals surface area contributed by atoms with E-state index >= 15 is 0 Å². The summed E-state index contributed by atoms with van der Waals surface area (Å²) in [7, 11) is -5.01. The molecule has 13 heteroatoms. The Bertz CT molecular complexity index is 1230. The van der Waals surface area contributed by atoms with Crippen LogP contribution in [0.3, 0.4) is 0 Å². The molecule has 0 saturated carbocycles. The number of aryl methyl sites for hydroxylation is 1. The number of hydrogen-bond acceptors (Lipinski definition) is 7. The molecule has 2 heterocycles. The van der Waals surface area contributed by atoms with E-state index in [1.54, 1.807) is 7.05 Å². The fourth-order valence-corrected chi connectivity index (χ4v) is 5.83. The van der Waals surface area contributed by atoms with Gasteiger partial charge in [-0.05, 0) is 37.1 Å². The Kier molecular flexibility index (Phi) is 7.03. The molecule has 1 amide bonds. The normalized spacial score (nSPS) is 14.9. The average Bonchev–Trinajstić information content (AvgIpc) is 3.43. The van der Waals surface area contributed by atoms with Crippen molar-refractivity contribution in [2.24, 2.45) is 7.05 Å². The molecule has 2 aromatic rings. The van der Waals surface area contributed by atoms with Crippen molar-refractivity contribution < 1.29 is 31.2 Å². The largest absolute Gasteiger partial charge is 0.468 e. The third-order valence-corrected chi connectivity index (χ3v) is 8.21. The second-order valence-corrected chi connectivity index (χ2v) is 10.9. The first-order chi connectivity index (χ1) is 15.0. The van der Waals surface area contributed by atoms with Crippen molar-refractivity contribution in [3.05, 3.63) is 42.2 Å². The Morgan fingerprint density at radius 2 is 1.75 bits per heavy atom. The maximum Gasteiger partial charge on any atom is 0.320 e. The molecule has 1 aromatic heterocycles. The summed E-state index contributed by atoms with van der Waals surface area (Å²) in [4.78, 5) is 23.8. The maximum atomic E-state index is 12.7. The van der Waals surface area contributed by atoms with Crippen molar-refractivity contribution in [2.75, 3.05) is 32.1 Å². The summed E-state index contributed by atoms with van der Waals surface area (Å²) in [6.07, 6.45) is 2.97. The molecule has 0 atom stereocenters. The second kappa shape index (κ2) is 9.40. The van der Waals surface area contributed by atoms with Gasteiger partial charge in [0.25, 0.3) is 5.91 Å². The SMILES string of the molecule is COC(=O)CNS(=O)(=O)c1cccc(NC(=O)c2cc(S(=O)(=O)N3CCCC3)cn2C)c1. The molecule has 1 aliphatic heterocycles. The number of aromatic nitrogens is 1. The lowest BCUT2D eigenvalue weighted by Gasteiger charge is -2.13. The van der Waals surface area contributed by atoms with E-state index in [1.165, 1.54) is 45.4 Å². The number of hydrogen-bond donors (Lipinski definition) is 2. The van der Waals surface area contributed by atoms with Crippen molar-refractivity contribution in [3.8, 4) is 0 Å². The zero-order valence-electron chi connectivity index (χ0n) is 17.6. The van der Waals surface area contributed by atoms with Gasteiger partial charge >= 0.3 is 5.97 Å². The third kappa shape index (κ3) is 5.18. The summed E-state index contributed by atoms with van der Waals surface area (Å²) in [5, 5.41) is 2.57. The van der Waals surface area contributed by atoms with Gasteiger partial charge in [0, 0.05) is 32.0 Å². The Morgan fingerprint density at radius 3 is 2.41 bits per heavy atom. The van der Waals surface area contributed by atoms with Crippen LogP contribution in [0.15, 0.2) is 46.3 Å². The van der Waals surface area contributed by atoms with E-state index in [-0.39, 0.29) is 21.2 Å². The highest BCUT2D eigenvalue weighted by Crippen LogP contribution is 2.23. The van der Waals surface area contributed by atoms with Crippen LogP contribution in [0.5, 0.6) is 0 Å². The lowest BCUT2D eigenvalue weighted by Crippen LogP contribution is -2.30. The number of benzene rings is 1. The number of ether oxygens (including phenoxy) is 1. The molecular formula is C19H24N4O7S2. The molecule has 1 saturated heterocycles. The predicted octanol–water partition coefficient (Wildman–Crippen LogP) is 0.513. The Balaban J connectivity index is 1.77. The van der Waals surface area contributed by atoms with Crippen LogP contribution >= 0.6 is 0 Å². The zero-order valence-corrected chi connectivity index (χ0v) is 19.2. The fraction of sp³-hybridized carbons (Fsp3) is 0.368. The topological polar surface area (TPSA) is 144 Å². The Hall–Kier alpha value is -2.74. The Labute approximate surface area is 186 Å². The van der Waals surface area contributed by atoms with Gasteiger partial charge in [-0.25, -0.2) is 16.8 Å². The number of carbonyl (C=O) groups excluding carboxylic acids is 2. The highest BCUT2D eigenvalue weighted by molar-refractivity contribution is 7.89. The van der Waals surface area contributed by atoms with Gasteiger partial charge in [0.1, 0.15) is 17.1 Å².